The number of aliphatic hydroxyl groups is 2. The van der Waals surface area contributed by atoms with Crippen LogP contribution in [0.3, 0.4) is 0 Å². The third-order valence-electron chi connectivity index (χ3n) is 0.715. The van der Waals surface area contributed by atoms with Gasteiger partial charge in [0.25, 0.3) is 0 Å². The van der Waals surface area contributed by atoms with Gasteiger partial charge >= 0.3 is 49.7 Å². The molecule has 0 radical (unpaired) electrons. The van der Waals surface area contributed by atoms with E-state index >= 15 is 0 Å². The molecule has 7 nitrogen and oxygen atoms in total. The maximum absolute atomic E-state index is 9.45. The standard InChI is InChI=1S/2C3H6O3.Ca.H2O.2H/c2*1-2(4)3(5)6;;;;/h2*2,4H,1H3,(H,5,6);;1H2;;/q;;+2;;2*-1. The van der Waals surface area contributed by atoms with Gasteiger partial charge in [-0.1, -0.05) is 0 Å². The molecule has 2 unspecified atom stereocenters. The van der Waals surface area contributed by atoms with Crippen molar-refractivity contribution in [3.05, 3.63) is 0 Å². The van der Waals surface area contributed by atoms with Crippen molar-refractivity contribution < 1.29 is 38.3 Å². The van der Waals surface area contributed by atoms with E-state index in [1.165, 1.54) is 13.8 Å². The largest absolute Gasteiger partial charge is 2.00 e. The van der Waals surface area contributed by atoms with Crippen LogP contribution in [0.15, 0.2) is 0 Å². The van der Waals surface area contributed by atoms with Crippen molar-refractivity contribution in [1.82, 2.24) is 0 Å². The van der Waals surface area contributed by atoms with Crippen LogP contribution in [0.25, 0.3) is 0 Å². The Bertz CT molecular complexity index is 147. The van der Waals surface area contributed by atoms with Gasteiger partial charge in [-0.15, -0.1) is 0 Å². The molecule has 0 spiro atoms. The molecule has 14 heavy (non-hydrogen) atoms. The molecule has 0 rings (SSSR count). The maximum Gasteiger partial charge on any atom is 2.00 e. The number of aliphatic carboxylic acids is 2. The predicted octanol–water partition coefficient (Wildman–Crippen LogP) is -2.08. The van der Waals surface area contributed by atoms with E-state index in [1.807, 2.05) is 0 Å². The van der Waals surface area contributed by atoms with Crippen molar-refractivity contribution in [3.63, 3.8) is 0 Å². The summed E-state index contributed by atoms with van der Waals surface area (Å²) in [6, 6.07) is 0. The first-order valence-corrected chi connectivity index (χ1v) is 3.10. The third kappa shape index (κ3) is 22.7. The SMILES string of the molecule is CC(O)C(=O)O.CC(O)C(=O)O.O.[Ca+2].[H-].[H-]. The van der Waals surface area contributed by atoms with E-state index in [4.69, 9.17) is 20.4 Å². The Morgan fingerprint density at radius 3 is 1.07 bits per heavy atom. The van der Waals surface area contributed by atoms with Crippen LogP contribution >= 0.6 is 0 Å². The molecule has 0 heterocycles. The molecule has 2 atom stereocenters. The zero-order valence-electron chi connectivity index (χ0n) is 9.97. The summed E-state index contributed by atoms with van der Waals surface area (Å²) in [7, 11) is 0. The minimum absolute atomic E-state index is 0. The molecule has 8 heteroatoms. The van der Waals surface area contributed by atoms with Crippen LogP contribution in [0.1, 0.15) is 16.7 Å². The molecule has 0 aliphatic heterocycles. The van der Waals surface area contributed by atoms with E-state index < -0.39 is 24.1 Å². The molecule has 6 N–H and O–H groups in total. The molecule has 0 aromatic rings. The minimum Gasteiger partial charge on any atom is -1.00 e. The second kappa shape index (κ2) is 13.1. The van der Waals surface area contributed by atoms with Crippen LogP contribution in [0, 0.1) is 0 Å². The monoisotopic (exact) mass is 240 g/mol. The molecule has 0 aliphatic carbocycles. The number of carboxylic acids is 2. The maximum atomic E-state index is 9.45. The van der Waals surface area contributed by atoms with Gasteiger partial charge in [-0.25, -0.2) is 9.59 Å². The van der Waals surface area contributed by atoms with Gasteiger partial charge in [0, 0.05) is 0 Å². The fourth-order valence-electron chi connectivity index (χ4n) is 0. The molecule has 0 aliphatic rings. The van der Waals surface area contributed by atoms with E-state index in [9.17, 15) is 9.59 Å². The van der Waals surface area contributed by atoms with Gasteiger partial charge < -0.3 is 28.8 Å². The molecular weight excluding hydrogens is 224 g/mol. The van der Waals surface area contributed by atoms with Crippen molar-refractivity contribution in [2.45, 2.75) is 26.1 Å². The van der Waals surface area contributed by atoms with Crippen LogP contribution < -0.4 is 0 Å². The van der Waals surface area contributed by atoms with E-state index in [0.717, 1.165) is 0 Å². The average molecular weight is 240 g/mol. The van der Waals surface area contributed by atoms with Gasteiger partial charge in [-0.2, -0.15) is 0 Å². The van der Waals surface area contributed by atoms with E-state index in [0.29, 0.717) is 0 Å². The molecule has 0 bridgehead atoms. The average Bonchev–Trinajstić information content (AvgIpc) is 1.88. The fourth-order valence-corrected chi connectivity index (χ4v) is 0. The first kappa shape index (κ1) is 23.7. The zero-order chi connectivity index (χ0) is 10.3. The van der Waals surface area contributed by atoms with Gasteiger partial charge in [0.15, 0.2) is 0 Å². The summed E-state index contributed by atoms with van der Waals surface area (Å²) in [6.45, 7) is 2.39. The number of hydrogen-bond acceptors (Lipinski definition) is 4. The van der Waals surface area contributed by atoms with Gasteiger partial charge in [0.2, 0.25) is 0 Å². The molecule has 0 saturated carbocycles. The van der Waals surface area contributed by atoms with Crippen molar-refractivity contribution in [3.8, 4) is 0 Å². The summed E-state index contributed by atoms with van der Waals surface area (Å²) >= 11 is 0. The van der Waals surface area contributed by atoms with Crippen LogP contribution in [-0.4, -0.2) is 87.8 Å². The molecule has 0 amide bonds. The van der Waals surface area contributed by atoms with Crippen LogP contribution in [0.4, 0.5) is 0 Å². The summed E-state index contributed by atoms with van der Waals surface area (Å²) in [5.41, 5.74) is 0. The summed E-state index contributed by atoms with van der Waals surface area (Å²) in [4.78, 5) is 18.9. The summed E-state index contributed by atoms with van der Waals surface area (Å²) in [5, 5.41) is 31.5. The summed E-state index contributed by atoms with van der Waals surface area (Å²) < 4.78 is 0. The Labute approximate surface area is 114 Å². The summed E-state index contributed by atoms with van der Waals surface area (Å²) in [5.74, 6) is -2.37. The Morgan fingerprint density at radius 2 is 1.07 bits per heavy atom. The molecule has 0 aromatic carbocycles. The Balaban J connectivity index is -0.0000000250. The van der Waals surface area contributed by atoms with Crippen LogP contribution in [0.2, 0.25) is 0 Å². The van der Waals surface area contributed by atoms with Gasteiger partial charge in [0.05, 0.1) is 0 Å². The van der Waals surface area contributed by atoms with Crippen molar-refractivity contribution in [1.29, 1.82) is 0 Å². The fraction of sp³-hybridized carbons (Fsp3) is 0.667. The zero-order valence-corrected chi connectivity index (χ0v) is 10.2. The van der Waals surface area contributed by atoms with Gasteiger partial charge in [-0.3, -0.25) is 0 Å². The Morgan fingerprint density at radius 1 is 1.00 bits per heavy atom. The Hall–Kier alpha value is 0.0797. The van der Waals surface area contributed by atoms with Crippen LogP contribution in [-0.2, 0) is 9.59 Å². The van der Waals surface area contributed by atoms with E-state index in [1.54, 1.807) is 0 Å². The second-order valence-electron chi connectivity index (χ2n) is 2.03. The quantitative estimate of drug-likeness (QED) is 0.407. The van der Waals surface area contributed by atoms with E-state index in [-0.39, 0.29) is 46.1 Å². The minimum atomic E-state index is -1.23. The van der Waals surface area contributed by atoms with E-state index in [2.05, 4.69) is 0 Å². The summed E-state index contributed by atoms with van der Waals surface area (Å²) in [6.07, 6.45) is -2.46. The number of carbonyl (C=O) groups is 2. The molecular formula is C6H16CaO7. The van der Waals surface area contributed by atoms with Gasteiger partial charge in [0.1, 0.15) is 12.2 Å². The second-order valence-corrected chi connectivity index (χ2v) is 2.03. The third-order valence-corrected chi connectivity index (χ3v) is 0.715. The van der Waals surface area contributed by atoms with Crippen molar-refractivity contribution in [2.75, 3.05) is 0 Å². The van der Waals surface area contributed by atoms with Crippen molar-refractivity contribution in [2.24, 2.45) is 0 Å². The smallest absolute Gasteiger partial charge is 1.00 e. The molecule has 0 aromatic heterocycles. The number of hydrogen-bond donors (Lipinski definition) is 4. The number of carboxylic acid groups (broad SMARTS) is 2. The first-order chi connectivity index (χ1) is 5.29. The predicted molar refractivity (Wildman–Crippen MR) is 50.2 cm³/mol. The number of rotatable bonds is 2. The molecule has 0 saturated heterocycles. The Kier molecular flexibility index (Phi) is 22.1. The topological polar surface area (TPSA) is 147 Å². The number of aliphatic hydroxyl groups excluding tert-OH is 2. The van der Waals surface area contributed by atoms with Crippen LogP contribution in [0.5, 0.6) is 0 Å². The van der Waals surface area contributed by atoms with Gasteiger partial charge in [-0.05, 0) is 13.8 Å². The normalized spacial score (nSPS) is 11.7. The van der Waals surface area contributed by atoms with Crippen molar-refractivity contribution >= 4 is 49.7 Å². The molecule has 0 fully saturated rings. The first-order valence-electron chi connectivity index (χ1n) is 3.10. The molecule has 84 valence electrons.